The zero-order valence-electron chi connectivity index (χ0n) is 9.87. The summed E-state index contributed by atoms with van der Waals surface area (Å²) in [5.74, 6) is 0.0866. The number of amides is 1. The van der Waals surface area contributed by atoms with Crippen molar-refractivity contribution in [3.63, 3.8) is 0 Å². The highest BCUT2D eigenvalue weighted by molar-refractivity contribution is 9.10. The van der Waals surface area contributed by atoms with Crippen molar-refractivity contribution in [1.82, 2.24) is 4.90 Å². The van der Waals surface area contributed by atoms with E-state index >= 15 is 0 Å². The summed E-state index contributed by atoms with van der Waals surface area (Å²) >= 11 is 3.40. The highest BCUT2D eigenvalue weighted by Crippen LogP contribution is 2.17. The first-order valence-corrected chi connectivity index (χ1v) is 6.46. The molecule has 1 aromatic carbocycles. The molecular weight excluding hydrogens is 266 g/mol. The fraction of sp³-hybridized carbons (Fsp3) is 0.462. The molecule has 0 saturated heterocycles. The van der Waals surface area contributed by atoms with Crippen LogP contribution in [0.4, 0.5) is 0 Å². The van der Waals surface area contributed by atoms with E-state index in [0.29, 0.717) is 0 Å². The Kier molecular flexibility index (Phi) is 5.53. The molecule has 1 amide bonds. The first-order valence-electron chi connectivity index (χ1n) is 5.66. The van der Waals surface area contributed by atoms with Crippen LogP contribution < -0.4 is 0 Å². The van der Waals surface area contributed by atoms with Crippen molar-refractivity contribution in [2.24, 2.45) is 0 Å². The van der Waals surface area contributed by atoms with Gasteiger partial charge in [0.25, 0.3) is 5.91 Å². The lowest BCUT2D eigenvalue weighted by atomic mass is 10.2. The average molecular weight is 284 g/mol. The van der Waals surface area contributed by atoms with Gasteiger partial charge in [0.05, 0.1) is 5.56 Å². The van der Waals surface area contributed by atoms with Crippen LogP contribution >= 0.6 is 15.9 Å². The van der Waals surface area contributed by atoms with E-state index in [2.05, 4.69) is 22.9 Å². The van der Waals surface area contributed by atoms with Crippen LogP contribution in [0.2, 0.25) is 0 Å². The molecule has 88 valence electrons. The van der Waals surface area contributed by atoms with Gasteiger partial charge in [0.1, 0.15) is 0 Å². The Morgan fingerprint density at radius 1 is 1.31 bits per heavy atom. The zero-order chi connectivity index (χ0) is 12.0. The van der Waals surface area contributed by atoms with Crippen LogP contribution in [-0.2, 0) is 0 Å². The van der Waals surface area contributed by atoms with Crippen molar-refractivity contribution < 1.29 is 4.79 Å². The van der Waals surface area contributed by atoms with E-state index in [4.69, 9.17) is 0 Å². The second kappa shape index (κ2) is 6.69. The average Bonchev–Trinajstić information content (AvgIpc) is 2.29. The minimum Gasteiger partial charge on any atom is -0.342 e. The van der Waals surface area contributed by atoms with Gasteiger partial charge in [0, 0.05) is 18.1 Å². The van der Waals surface area contributed by atoms with E-state index in [9.17, 15) is 4.79 Å². The minimum absolute atomic E-state index is 0.0866. The van der Waals surface area contributed by atoms with Gasteiger partial charge in [-0.15, -0.1) is 0 Å². The van der Waals surface area contributed by atoms with Crippen LogP contribution in [0.25, 0.3) is 0 Å². The predicted octanol–water partition coefficient (Wildman–Crippen LogP) is 3.71. The lowest BCUT2D eigenvalue weighted by molar-refractivity contribution is 0.0792. The third-order valence-electron chi connectivity index (χ3n) is 2.55. The number of unbranched alkanes of at least 4 members (excludes halogenated alkanes) is 2. The fourth-order valence-electron chi connectivity index (χ4n) is 1.54. The number of benzene rings is 1. The highest BCUT2D eigenvalue weighted by atomic mass is 79.9. The number of halogens is 1. The molecule has 16 heavy (non-hydrogen) atoms. The Hall–Kier alpha value is -0.830. The molecule has 0 aliphatic heterocycles. The Morgan fingerprint density at radius 3 is 2.62 bits per heavy atom. The summed E-state index contributed by atoms with van der Waals surface area (Å²) in [6.45, 7) is 2.99. The van der Waals surface area contributed by atoms with E-state index in [0.717, 1.165) is 23.0 Å². The summed E-state index contributed by atoms with van der Waals surface area (Å²) in [5.41, 5.74) is 0.737. The summed E-state index contributed by atoms with van der Waals surface area (Å²) in [6.07, 6.45) is 3.42. The lowest BCUT2D eigenvalue weighted by Gasteiger charge is -2.17. The first kappa shape index (κ1) is 13.2. The monoisotopic (exact) mass is 283 g/mol. The van der Waals surface area contributed by atoms with Crippen molar-refractivity contribution in [1.29, 1.82) is 0 Å². The molecule has 0 spiro atoms. The molecule has 0 aliphatic rings. The molecule has 0 fully saturated rings. The predicted molar refractivity (Wildman–Crippen MR) is 70.6 cm³/mol. The maximum absolute atomic E-state index is 12.1. The number of nitrogens with zero attached hydrogens (tertiary/aromatic N) is 1. The van der Waals surface area contributed by atoms with Crippen molar-refractivity contribution in [3.8, 4) is 0 Å². The molecule has 0 atom stereocenters. The summed E-state index contributed by atoms with van der Waals surface area (Å²) in [5, 5.41) is 0. The molecule has 3 heteroatoms. The maximum atomic E-state index is 12.1. The Balaban J connectivity index is 2.60. The molecule has 0 N–H and O–H groups in total. The van der Waals surface area contributed by atoms with Crippen molar-refractivity contribution >= 4 is 21.8 Å². The number of hydrogen-bond acceptors (Lipinski definition) is 1. The van der Waals surface area contributed by atoms with Crippen molar-refractivity contribution in [3.05, 3.63) is 34.3 Å². The number of carbonyl (C=O) groups excluding carboxylic acids is 1. The van der Waals surface area contributed by atoms with Gasteiger partial charge in [-0.3, -0.25) is 4.79 Å². The fourth-order valence-corrected chi connectivity index (χ4v) is 2.00. The van der Waals surface area contributed by atoms with Crippen LogP contribution in [0.3, 0.4) is 0 Å². The number of carbonyl (C=O) groups is 1. The molecule has 0 bridgehead atoms. The topological polar surface area (TPSA) is 20.3 Å². The third kappa shape index (κ3) is 3.63. The van der Waals surface area contributed by atoms with Crippen LogP contribution in [0.5, 0.6) is 0 Å². The molecule has 0 aliphatic carbocycles. The summed E-state index contributed by atoms with van der Waals surface area (Å²) in [4.78, 5) is 13.8. The van der Waals surface area contributed by atoms with Gasteiger partial charge in [0.15, 0.2) is 0 Å². The highest BCUT2D eigenvalue weighted by Gasteiger charge is 2.13. The Bertz CT molecular complexity index is 352. The SMILES string of the molecule is CCCCCN(C)C(=O)c1ccccc1Br. The normalized spacial score (nSPS) is 10.2. The summed E-state index contributed by atoms with van der Waals surface area (Å²) < 4.78 is 0.863. The van der Waals surface area contributed by atoms with Gasteiger partial charge in [0.2, 0.25) is 0 Å². The minimum atomic E-state index is 0.0866. The molecule has 1 aromatic rings. The standard InChI is InChI=1S/C13H18BrNO/c1-3-4-7-10-15(2)13(16)11-8-5-6-9-12(11)14/h5-6,8-9H,3-4,7,10H2,1-2H3. The maximum Gasteiger partial charge on any atom is 0.254 e. The summed E-state index contributed by atoms with van der Waals surface area (Å²) in [6, 6.07) is 7.55. The number of hydrogen-bond donors (Lipinski definition) is 0. The van der Waals surface area contributed by atoms with Gasteiger partial charge in [-0.05, 0) is 34.5 Å². The second-order valence-corrected chi connectivity index (χ2v) is 4.77. The largest absolute Gasteiger partial charge is 0.342 e. The number of rotatable bonds is 5. The molecular formula is C13H18BrNO. The van der Waals surface area contributed by atoms with Crippen LogP contribution in [0.15, 0.2) is 28.7 Å². The molecule has 0 unspecified atom stereocenters. The van der Waals surface area contributed by atoms with E-state index in [-0.39, 0.29) is 5.91 Å². The van der Waals surface area contributed by atoms with Gasteiger partial charge >= 0.3 is 0 Å². The molecule has 0 radical (unpaired) electrons. The lowest BCUT2D eigenvalue weighted by Crippen LogP contribution is -2.27. The third-order valence-corrected chi connectivity index (χ3v) is 3.24. The zero-order valence-corrected chi connectivity index (χ0v) is 11.5. The molecule has 1 rings (SSSR count). The molecule has 0 saturated carbocycles. The van der Waals surface area contributed by atoms with Gasteiger partial charge < -0.3 is 4.90 Å². The van der Waals surface area contributed by atoms with Crippen molar-refractivity contribution in [2.75, 3.05) is 13.6 Å². The quantitative estimate of drug-likeness (QED) is 0.755. The molecule has 0 aromatic heterocycles. The van der Waals surface area contributed by atoms with Gasteiger partial charge in [-0.25, -0.2) is 0 Å². The second-order valence-electron chi connectivity index (χ2n) is 3.91. The van der Waals surface area contributed by atoms with E-state index in [1.807, 2.05) is 31.3 Å². The van der Waals surface area contributed by atoms with Gasteiger partial charge in [-0.2, -0.15) is 0 Å². The smallest absolute Gasteiger partial charge is 0.254 e. The molecule has 2 nitrogen and oxygen atoms in total. The summed E-state index contributed by atoms with van der Waals surface area (Å²) in [7, 11) is 1.86. The van der Waals surface area contributed by atoms with Crippen molar-refractivity contribution in [2.45, 2.75) is 26.2 Å². The Morgan fingerprint density at radius 2 is 2.00 bits per heavy atom. The Labute approximate surface area is 106 Å². The van der Waals surface area contributed by atoms with Gasteiger partial charge in [-0.1, -0.05) is 31.9 Å². The van der Waals surface area contributed by atoms with Crippen LogP contribution in [0.1, 0.15) is 36.5 Å². The van der Waals surface area contributed by atoms with E-state index in [1.54, 1.807) is 4.90 Å². The van der Waals surface area contributed by atoms with E-state index < -0.39 is 0 Å². The van der Waals surface area contributed by atoms with Crippen LogP contribution in [-0.4, -0.2) is 24.4 Å². The first-order chi connectivity index (χ1) is 7.66. The molecule has 0 heterocycles. The van der Waals surface area contributed by atoms with Crippen LogP contribution in [0, 0.1) is 0 Å². The van der Waals surface area contributed by atoms with E-state index in [1.165, 1.54) is 12.8 Å².